The van der Waals surface area contributed by atoms with E-state index >= 15 is 0 Å². The highest BCUT2D eigenvalue weighted by molar-refractivity contribution is 5.19. The Morgan fingerprint density at radius 2 is 1.60 bits per heavy atom. The predicted octanol–water partition coefficient (Wildman–Crippen LogP) is 6.16. The molecule has 0 saturated heterocycles. The van der Waals surface area contributed by atoms with Crippen LogP contribution in [0.5, 0.6) is 0 Å². The van der Waals surface area contributed by atoms with Crippen LogP contribution < -0.4 is 0 Å². The van der Waals surface area contributed by atoms with Crippen molar-refractivity contribution in [1.82, 2.24) is 0 Å². The molecule has 1 atom stereocenters. The van der Waals surface area contributed by atoms with Crippen LogP contribution in [0.2, 0.25) is 0 Å². The third kappa shape index (κ3) is 9.36. The van der Waals surface area contributed by atoms with Gasteiger partial charge in [0.1, 0.15) is 0 Å². The largest absolute Gasteiger partial charge is 0.372 e. The molecule has 0 radical (unpaired) electrons. The summed E-state index contributed by atoms with van der Waals surface area (Å²) in [6.45, 7) is 20.7. The molecule has 0 saturated carbocycles. The zero-order chi connectivity index (χ0) is 16.0. The lowest BCUT2D eigenvalue weighted by Gasteiger charge is -2.26. The molecule has 20 heavy (non-hydrogen) atoms. The second kappa shape index (κ2) is 8.02. The van der Waals surface area contributed by atoms with Crippen LogP contribution in [0.1, 0.15) is 75.2 Å². The molecule has 0 rings (SSSR count). The Morgan fingerprint density at radius 3 is 1.95 bits per heavy atom. The van der Waals surface area contributed by atoms with Crippen molar-refractivity contribution >= 4 is 0 Å². The van der Waals surface area contributed by atoms with Crippen molar-refractivity contribution in [2.24, 2.45) is 11.3 Å². The molecule has 0 amide bonds. The summed E-state index contributed by atoms with van der Waals surface area (Å²) in [5.74, 6) is 0.544. The average Bonchev–Trinajstić information content (AvgIpc) is 2.24. The minimum absolute atomic E-state index is 0.0587. The van der Waals surface area contributed by atoms with Crippen molar-refractivity contribution in [1.29, 1.82) is 0 Å². The topological polar surface area (TPSA) is 9.23 Å². The normalized spacial score (nSPS) is 14.7. The molecule has 0 unspecified atom stereocenters. The molecule has 0 bridgehead atoms. The van der Waals surface area contributed by atoms with Crippen LogP contribution in [0.4, 0.5) is 0 Å². The summed E-state index contributed by atoms with van der Waals surface area (Å²) in [6, 6.07) is 0. The Bertz CT molecular complexity index is 330. The standard InChI is InChI=1S/C19H36O/c1-10-16(12-11-13-20-19(7,8)9)17(15(2)3)14-18(4,5)6/h11-12,16H,10,13-14H2,1-9H3/b12-11-/t16-/m1/s1. The minimum Gasteiger partial charge on any atom is -0.372 e. The molecule has 0 N–H and O–H groups in total. The number of ether oxygens (including phenoxy) is 1. The van der Waals surface area contributed by atoms with E-state index in [-0.39, 0.29) is 5.60 Å². The minimum atomic E-state index is -0.0587. The SMILES string of the molecule is CC[C@H](/C=C\COC(C)(C)C)C(CC(C)(C)C)=C(C)C. The first-order chi connectivity index (χ1) is 8.96. The van der Waals surface area contributed by atoms with E-state index in [0.29, 0.717) is 17.9 Å². The van der Waals surface area contributed by atoms with Gasteiger partial charge in [0, 0.05) is 0 Å². The Morgan fingerprint density at radius 1 is 1.05 bits per heavy atom. The van der Waals surface area contributed by atoms with Gasteiger partial charge in [-0.2, -0.15) is 0 Å². The van der Waals surface area contributed by atoms with Crippen molar-refractivity contribution in [3.8, 4) is 0 Å². The molecule has 0 aliphatic carbocycles. The van der Waals surface area contributed by atoms with Gasteiger partial charge in [0.2, 0.25) is 0 Å². The maximum absolute atomic E-state index is 5.76. The summed E-state index contributed by atoms with van der Waals surface area (Å²) in [4.78, 5) is 0. The molecule has 0 aliphatic rings. The number of rotatable bonds is 6. The summed E-state index contributed by atoms with van der Waals surface area (Å²) in [5.41, 5.74) is 3.34. The number of hydrogen-bond donors (Lipinski definition) is 0. The maximum Gasteiger partial charge on any atom is 0.0654 e. The van der Waals surface area contributed by atoms with E-state index in [1.165, 1.54) is 5.57 Å². The summed E-state index contributed by atoms with van der Waals surface area (Å²) in [6.07, 6.45) is 6.84. The Kier molecular flexibility index (Phi) is 7.80. The van der Waals surface area contributed by atoms with Gasteiger partial charge in [-0.05, 0) is 58.8 Å². The molecule has 0 fully saturated rings. The second-order valence-electron chi connectivity index (χ2n) is 8.13. The van der Waals surface area contributed by atoms with Crippen LogP contribution in [0.25, 0.3) is 0 Å². The van der Waals surface area contributed by atoms with Gasteiger partial charge >= 0.3 is 0 Å². The second-order valence-corrected chi connectivity index (χ2v) is 8.13. The lowest BCUT2D eigenvalue weighted by atomic mass is 9.80. The summed E-state index contributed by atoms with van der Waals surface area (Å²) in [7, 11) is 0. The molecule has 118 valence electrons. The van der Waals surface area contributed by atoms with Crippen LogP contribution in [-0.4, -0.2) is 12.2 Å². The highest BCUT2D eigenvalue weighted by atomic mass is 16.5. The van der Waals surface area contributed by atoms with Crippen molar-refractivity contribution in [2.45, 2.75) is 80.8 Å². The molecule has 0 spiro atoms. The maximum atomic E-state index is 5.76. The molecule has 0 aliphatic heterocycles. The van der Waals surface area contributed by atoms with Gasteiger partial charge in [0.15, 0.2) is 0 Å². The van der Waals surface area contributed by atoms with Gasteiger partial charge in [0.05, 0.1) is 12.2 Å². The van der Waals surface area contributed by atoms with E-state index in [4.69, 9.17) is 4.74 Å². The van der Waals surface area contributed by atoms with Gasteiger partial charge < -0.3 is 4.74 Å². The average molecular weight is 280 g/mol. The van der Waals surface area contributed by atoms with Gasteiger partial charge in [0.25, 0.3) is 0 Å². The molecule has 0 aromatic carbocycles. The van der Waals surface area contributed by atoms with E-state index in [2.05, 4.69) is 74.5 Å². The molecule has 1 heteroatoms. The molecule has 0 aromatic heterocycles. The van der Waals surface area contributed by atoms with Crippen molar-refractivity contribution in [3.63, 3.8) is 0 Å². The van der Waals surface area contributed by atoms with Gasteiger partial charge in [-0.3, -0.25) is 0 Å². The third-order valence-corrected chi connectivity index (χ3v) is 3.23. The zero-order valence-electron chi connectivity index (χ0n) is 15.3. The number of allylic oxidation sites excluding steroid dienone is 3. The fourth-order valence-corrected chi connectivity index (χ4v) is 2.27. The molecule has 0 heterocycles. The van der Waals surface area contributed by atoms with Crippen LogP contribution in [0.3, 0.4) is 0 Å². The summed E-state index contributed by atoms with van der Waals surface area (Å²) in [5, 5.41) is 0. The fraction of sp³-hybridized carbons (Fsp3) is 0.789. The monoisotopic (exact) mass is 280 g/mol. The molecular formula is C19H36O. The van der Waals surface area contributed by atoms with Gasteiger partial charge in [-0.15, -0.1) is 0 Å². The number of hydrogen-bond acceptors (Lipinski definition) is 1. The molecule has 0 aromatic rings. The predicted molar refractivity (Wildman–Crippen MR) is 91.1 cm³/mol. The van der Waals surface area contributed by atoms with Crippen molar-refractivity contribution in [2.75, 3.05) is 6.61 Å². The van der Waals surface area contributed by atoms with E-state index in [0.717, 1.165) is 12.8 Å². The Balaban J connectivity index is 4.78. The summed E-state index contributed by atoms with van der Waals surface area (Å²) >= 11 is 0. The Hall–Kier alpha value is -0.560. The Labute approximate surface area is 127 Å². The van der Waals surface area contributed by atoms with Crippen LogP contribution in [0.15, 0.2) is 23.3 Å². The van der Waals surface area contributed by atoms with Crippen LogP contribution >= 0.6 is 0 Å². The van der Waals surface area contributed by atoms with Crippen molar-refractivity contribution < 1.29 is 4.74 Å². The van der Waals surface area contributed by atoms with Crippen LogP contribution in [-0.2, 0) is 4.74 Å². The van der Waals surface area contributed by atoms with E-state index in [1.807, 2.05) is 0 Å². The summed E-state index contributed by atoms with van der Waals surface area (Å²) < 4.78 is 5.76. The van der Waals surface area contributed by atoms with Crippen molar-refractivity contribution in [3.05, 3.63) is 23.3 Å². The lowest BCUT2D eigenvalue weighted by molar-refractivity contribution is 0.0148. The van der Waals surface area contributed by atoms with Gasteiger partial charge in [-0.1, -0.05) is 51.0 Å². The quantitative estimate of drug-likeness (QED) is 0.530. The first-order valence-corrected chi connectivity index (χ1v) is 7.93. The lowest BCUT2D eigenvalue weighted by Crippen LogP contribution is -2.19. The molecular weight excluding hydrogens is 244 g/mol. The highest BCUT2D eigenvalue weighted by Crippen LogP contribution is 2.32. The fourth-order valence-electron chi connectivity index (χ4n) is 2.27. The van der Waals surface area contributed by atoms with Crippen LogP contribution in [0, 0.1) is 11.3 Å². The highest BCUT2D eigenvalue weighted by Gasteiger charge is 2.19. The smallest absolute Gasteiger partial charge is 0.0654 e. The molecule has 1 nitrogen and oxygen atoms in total. The third-order valence-electron chi connectivity index (χ3n) is 3.23. The zero-order valence-corrected chi connectivity index (χ0v) is 15.3. The first-order valence-electron chi connectivity index (χ1n) is 7.93. The first kappa shape index (κ1) is 19.4. The van der Waals surface area contributed by atoms with E-state index in [1.54, 1.807) is 5.57 Å². The van der Waals surface area contributed by atoms with E-state index in [9.17, 15) is 0 Å². The van der Waals surface area contributed by atoms with E-state index < -0.39 is 0 Å². The van der Waals surface area contributed by atoms with Gasteiger partial charge in [-0.25, -0.2) is 0 Å².